The Kier molecular flexibility index (Phi) is 3.85. The normalized spacial score (nSPS) is 13.6. The second-order valence-electron chi connectivity index (χ2n) is 4.40. The molecule has 1 amide bonds. The molecule has 0 saturated heterocycles. The number of ether oxygens (including phenoxy) is 1. The Balaban J connectivity index is 1.97. The van der Waals surface area contributed by atoms with Crippen molar-refractivity contribution >= 4 is 45.8 Å². The lowest BCUT2D eigenvalue weighted by Gasteiger charge is -2.29. The monoisotopic (exact) mass is 399 g/mol. The summed E-state index contributed by atoms with van der Waals surface area (Å²) in [5.41, 5.74) is 1.39. The third-order valence-electron chi connectivity index (χ3n) is 3.14. The smallest absolute Gasteiger partial charge is 0.258 e. The molecule has 0 atom stereocenters. The van der Waals surface area contributed by atoms with Crippen molar-refractivity contribution in [1.82, 2.24) is 0 Å². The van der Waals surface area contributed by atoms with E-state index in [4.69, 9.17) is 16.3 Å². The maximum atomic E-state index is 12.6. The first kappa shape index (κ1) is 13.7. The minimum Gasteiger partial charge on any atom is -0.490 e. The Morgan fingerprint density at radius 1 is 1.25 bits per heavy atom. The quantitative estimate of drug-likeness (QED) is 0.679. The van der Waals surface area contributed by atoms with Gasteiger partial charge >= 0.3 is 0 Å². The van der Waals surface area contributed by atoms with Crippen molar-refractivity contribution in [3.8, 4) is 5.75 Å². The minimum atomic E-state index is -0.0564. The molecule has 20 heavy (non-hydrogen) atoms. The van der Waals surface area contributed by atoms with Gasteiger partial charge < -0.3 is 9.64 Å². The molecule has 0 radical (unpaired) electrons. The van der Waals surface area contributed by atoms with Crippen molar-refractivity contribution in [2.45, 2.75) is 0 Å². The van der Waals surface area contributed by atoms with Crippen molar-refractivity contribution < 1.29 is 9.53 Å². The van der Waals surface area contributed by atoms with Crippen LogP contribution in [-0.4, -0.2) is 19.1 Å². The van der Waals surface area contributed by atoms with Crippen molar-refractivity contribution in [2.75, 3.05) is 18.1 Å². The number of para-hydroxylation sites is 2. The van der Waals surface area contributed by atoms with Crippen LogP contribution in [0.4, 0.5) is 5.69 Å². The molecule has 3 rings (SSSR count). The average Bonchev–Trinajstić information content (AvgIpc) is 2.49. The van der Waals surface area contributed by atoms with Crippen LogP contribution in [-0.2, 0) is 0 Å². The SMILES string of the molecule is O=C(c1ccc(I)c(Cl)c1)N1CCOc2ccccc21. The van der Waals surface area contributed by atoms with Crippen LogP contribution in [0.25, 0.3) is 0 Å². The largest absolute Gasteiger partial charge is 0.490 e. The molecule has 0 unspecified atom stereocenters. The number of carbonyl (C=O) groups is 1. The molecule has 102 valence electrons. The van der Waals surface area contributed by atoms with Gasteiger partial charge in [-0.15, -0.1) is 0 Å². The van der Waals surface area contributed by atoms with Crippen LogP contribution in [0.5, 0.6) is 5.75 Å². The average molecular weight is 400 g/mol. The zero-order valence-corrected chi connectivity index (χ0v) is 13.4. The van der Waals surface area contributed by atoms with E-state index in [0.717, 1.165) is 15.0 Å². The van der Waals surface area contributed by atoms with E-state index in [1.807, 2.05) is 30.3 Å². The Bertz CT molecular complexity index is 675. The fraction of sp³-hybridized carbons (Fsp3) is 0.133. The molecule has 1 heterocycles. The predicted octanol–water partition coefficient (Wildman–Crippen LogP) is 3.98. The maximum absolute atomic E-state index is 12.6. The van der Waals surface area contributed by atoms with Crippen LogP contribution in [0.15, 0.2) is 42.5 Å². The zero-order chi connectivity index (χ0) is 14.1. The number of halogens is 2. The molecule has 1 aliphatic rings. The van der Waals surface area contributed by atoms with E-state index < -0.39 is 0 Å². The van der Waals surface area contributed by atoms with E-state index in [-0.39, 0.29) is 5.91 Å². The van der Waals surface area contributed by atoms with Gasteiger partial charge in [-0.2, -0.15) is 0 Å². The van der Waals surface area contributed by atoms with Crippen LogP contribution < -0.4 is 9.64 Å². The van der Waals surface area contributed by atoms with E-state index in [2.05, 4.69) is 22.6 Å². The van der Waals surface area contributed by atoms with Crippen LogP contribution in [0.2, 0.25) is 5.02 Å². The Morgan fingerprint density at radius 3 is 2.85 bits per heavy atom. The summed E-state index contributed by atoms with van der Waals surface area (Å²) >= 11 is 8.24. The number of carbonyl (C=O) groups excluding carboxylic acids is 1. The number of anilines is 1. The summed E-state index contributed by atoms with van der Waals surface area (Å²) in [5, 5.41) is 0.595. The minimum absolute atomic E-state index is 0.0564. The van der Waals surface area contributed by atoms with Crippen LogP contribution in [0.1, 0.15) is 10.4 Å². The van der Waals surface area contributed by atoms with E-state index in [9.17, 15) is 4.79 Å². The summed E-state index contributed by atoms with van der Waals surface area (Å²) in [7, 11) is 0. The number of amides is 1. The molecule has 0 aliphatic carbocycles. The molecule has 5 heteroatoms. The van der Waals surface area contributed by atoms with Gasteiger partial charge in [-0.3, -0.25) is 4.79 Å². The van der Waals surface area contributed by atoms with Gasteiger partial charge in [0.2, 0.25) is 0 Å². The lowest BCUT2D eigenvalue weighted by molar-refractivity contribution is 0.0976. The number of nitrogens with zero attached hydrogens (tertiary/aromatic N) is 1. The molecule has 0 spiro atoms. The first-order chi connectivity index (χ1) is 9.66. The molecule has 1 aliphatic heterocycles. The van der Waals surface area contributed by atoms with E-state index in [1.165, 1.54) is 0 Å². The van der Waals surface area contributed by atoms with Crippen molar-refractivity contribution in [3.05, 3.63) is 56.6 Å². The molecule has 0 fully saturated rings. The molecule has 2 aromatic carbocycles. The fourth-order valence-corrected chi connectivity index (χ4v) is 2.68. The van der Waals surface area contributed by atoms with Gasteiger partial charge in [-0.05, 0) is 52.9 Å². The number of hydrogen-bond donors (Lipinski definition) is 0. The summed E-state index contributed by atoms with van der Waals surface area (Å²) in [6.45, 7) is 1.04. The third kappa shape index (κ3) is 2.50. The van der Waals surface area contributed by atoms with Crippen molar-refractivity contribution in [1.29, 1.82) is 0 Å². The Labute approximate surface area is 135 Å². The molecule has 2 aromatic rings. The maximum Gasteiger partial charge on any atom is 0.258 e. The number of fused-ring (bicyclic) bond motifs is 1. The molecular weight excluding hydrogens is 389 g/mol. The summed E-state index contributed by atoms with van der Waals surface area (Å²) in [6.07, 6.45) is 0. The summed E-state index contributed by atoms with van der Waals surface area (Å²) in [6, 6.07) is 12.9. The van der Waals surface area contributed by atoms with Crippen LogP contribution >= 0.6 is 34.2 Å². The van der Waals surface area contributed by atoms with Gasteiger partial charge in [0.15, 0.2) is 0 Å². The number of hydrogen-bond acceptors (Lipinski definition) is 2. The van der Waals surface area contributed by atoms with Gasteiger partial charge in [0.1, 0.15) is 12.4 Å². The molecule has 0 aromatic heterocycles. The number of benzene rings is 2. The van der Waals surface area contributed by atoms with Gasteiger partial charge in [0.25, 0.3) is 5.91 Å². The molecular formula is C15H11ClINO2. The molecule has 0 saturated carbocycles. The van der Waals surface area contributed by atoms with Crippen LogP contribution in [0, 0.1) is 3.57 Å². The molecule has 3 nitrogen and oxygen atoms in total. The molecule has 0 N–H and O–H groups in total. The molecule has 0 bridgehead atoms. The third-order valence-corrected chi connectivity index (χ3v) is 4.71. The zero-order valence-electron chi connectivity index (χ0n) is 10.5. The highest BCUT2D eigenvalue weighted by atomic mass is 127. The fourth-order valence-electron chi connectivity index (χ4n) is 2.17. The Hall–Kier alpha value is -1.27. The summed E-state index contributed by atoms with van der Waals surface area (Å²) in [5.74, 6) is 0.683. The van der Waals surface area contributed by atoms with Gasteiger partial charge in [0, 0.05) is 9.13 Å². The second-order valence-corrected chi connectivity index (χ2v) is 5.97. The standard InChI is InChI=1S/C15H11ClINO2/c16-11-9-10(5-6-12(11)17)15(19)18-7-8-20-14-4-2-1-3-13(14)18/h1-6,9H,7-8H2. The highest BCUT2D eigenvalue weighted by Gasteiger charge is 2.24. The van der Waals surface area contributed by atoms with E-state index in [0.29, 0.717) is 23.7 Å². The van der Waals surface area contributed by atoms with Crippen molar-refractivity contribution in [3.63, 3.8) is 0 Å². The van der Waals surface area contributed by atoms with Crippen LogP contribution in [0.3, 0.4) is 0 Å². The predicted molar refractivity (Wildman–Crippen MR) is 87.8 cm³/mol. The Morgan fingerprint density at radius 2 is 2.05 bits per heavy atom. The summed E-state index contributed by atoms with van der Waals surface area (Å²) in [4.78, 5) is 14.4. The number of rotatable bonds is 1. The van der Waals surface area contributed by atoms with E-state index >= 15 is 0 Å². The van der Waals surface area contributed by atoms with Crippen molar-refractivity contribution in [2.24, 2.45) is 0 Å². The highest BCUT2D eigenvalue weighted by Crippen LogP contribution is 2.32. The second kappa shape index (κ2) is 5.61. The lowest BCUT2D eigenvalue weighted by atomic mass is 10.1. The first-order valence-corrected chi connectivity index (χ1v) is 7.61. The first-order valence-electron chi connectivity index (χ1n) is 6.15. The van der Waals surface area contributed by atoms with Gasteiger partial charge in [-0.25, -0.2) is 0 Å². The van der Waals surface area contributed by atoms with Gasteiger partial charge in [-0.1, -0.05) is 23.7 Å². The topological polar surface area (TPSA) is 29.5 Å². The van der Waals surface area contributed by atoms with E-state index in [1.54, 1.807) is 17.0 Å². The lowest BCUT2D eigenvalue weighted by Crippen LogP contribution is -2.37. The van der Waals surface area contributed by atoms with Gasteiger partial charge in [0.05, 0.1) is 17.3 Å². The summed E-state index contributed by atoms with van der Waals surface area (Å²) < 4.78 is 6.49. The highest BCUT2D eigenvalue weighted by molar-refractivity contribution is 14.1.